The zero-order valence-corrected chi connectivity index (χ0v) is 19.2. The van der Waals surface area contributed by atoms with Gasteiger partial charge < -0.3 is 14.6 Å². The molecule has 1 amide bonds. The molecule has 34 heavy (non-hydrogen) atoms. The number of carbonyl (C=O) groups excluding carboxylic acids is 2. The van der Waals surface area contributed by atoms with Gasteiger partial charge in [0.15, 0.2) is 5.78 Å². The van der Waals surface area contributed by atoms with Crippen molar-refractivity contribution in [2.24, 2.45) is 7.05 Å². The number of carbonyl (C=O) groups is 2. The molecule has 0 fully saturated rings. The molecule has 0 atom stereocenters. The molecule has 0 unspecified atom stereocenters. The Kier molecular flexibility index (Phi) is 7.20. The smallest absolute Gasteiger partial charge is 0.255 e. The summed E-state index contributed by atoms with van der Waals surface area (Å²) in [7, 11) is 1.91. The number of hydrogen-bond acceptors (Lipinski definition) is 4. The number of anilines is 1. The summed E-state index contributed by atoms with van der Waals surface area (Å²) in [6.45, 7) is 0.349. The van der Waals surface area contributed by atoms with Crippen molar-refractivity contribution in [3.63, 3.8) is 0 Å². The van der Waals surface area contributed by atoms with Gasteiger partial charge in [-0.15, -0.1) is 0 Å². The number of hydrogen-bond donors (Lipinski definition) is 1. The molecule has 0 aliphatic rings. The number of imidazole rings is 1. The van der Waals surface area contributed by atoms with Crippen LogP contribution in [0.1, 0.15) is 32.1 Å². The Labute approximate surface area is 202 Å². The summed E-state index contributed by atoms with van der Waals surface area (Å²) in [6.07, 6.45) is 6.79. The third-order valence-electron chi connectivity index (χ3n) is 5.11. The monoisotopic (exact) mass is 471 g/mol. The van der Waals surface area contributed by atoms with E-state index in [-0.39, 0.29) is 11.7 Å². The van der Waals surface area contributed by atoms with Crippen LogP contribution >= 0.6 is 11.6 Å². The summed E-state index contributed by atoms with van der Waals surface area (Å²) in [5.74, 6) is 1.10. The summed E-state index contributed by atoms with van der Waals surface area (Å²) in [4.78, 5) is 29.2. The Morgan fingerprint density at radius 1 is 1.03 bits per heavy atom. The van der Waals surface area contributed by atoms with Crippen LogP contribution in [0, 0.1) is 0 Å². The van der Waals surface area contributed by atoms with Crippen molar-refractivity contribution in [3.8, 4) is 5.75 Å². The SMILES string of the molecule is Cn1ccnc1COc1ccc(C(=O)/C=C/c2cccc(NC(=O)c3ccc(Cl)cc3)c2)cc1. The molecule has 1 heterocycles. The van der Waals surface area contributed by atoms with E-state index in [4.69, 9.17) is 16.3 Å². The van der Waals surface area contributed by atoms with E-state index < -0.39 is 0 Å². The summed E-state index contributed by atoms with van der Waals surface area (Å²) in [5.41, 5.74) is 2.47. The fourth-order valence-electron chi connectivity index (χ4n) is 3.19. The van der Waals surface area contributed by atoms with Crippen LogP contribution in [0.2, 0.25) is 5.02 Å². The van der Waals surface area contributed by atoms with Gasteiger partial charge in [-0.25, -0.2) is 4.98 Å². The van der Waals surface area contributed by atoms with Crippen molar-refractivity contribution in [1.29, 1.82) is 0 Å². The van der Waals surface area contributed by atoms with Crippen LogP contribution in [-0.4, -0.2) is 21.2 Å². The quantitative estimate of drug-likeness (QED) is 0.260. The molecule has 7 heteroatoms. The van der Waals surface area contributed by atoms with E-state index >= 15 is 0 Å². The van der Waals surface area contributed by atoms with E-state index in [0.29, 0.717) is 34.2 Å². The molecular weight excluding hydrogens is 450 g/mol. The Morgan fingerprint density at radius 2 is 1.76 bits per heavy atom. The van der Waals surface area contributed by atoms with Crippen LogP contribution in [0.15, 0.2) is 91.3 Å². The third kappa shape index (κ3) is 5.99. The number of allylic oxidation sites excluding steroid dienone is 1. The van der Waals surface area contributed by atoms with E-state index in [1.807, 2.05) is 29.9 Å². The van der Waals surface area contributed by atoms with Gasteiger partial charge in [0.25, 0.3) is 5.91 Å². The van der Waals surface area contributed by atoms with Gasteiger partial charge in [-0.3, -0.25) is 9.59 Å². The normalized spacial score (nSPS) is 10.9. The lowest BCUT2D eigenvalue weighted by atomic mass is 10.1. The lowest BCUT2D eigenvalue weighted by Crippen LogP contribution is -2.11. The van der Waals surface area contributed by atoms with Crippen molar-refractivity contribution in [2.45, 2.75) is 6.61 Å². The topological polar surface area (TPSA) is 73.2 Å². The highest BCUT2D eigenvalue weighted by Crippen LogP contribution is 2.17. The van der Waals surface area contributed by atoms with E-state index in [1.165, 1.54) is 6.08 Å². The Hall–Kier alpha value is -4.16. The number of halogens is 1. The number of ether oxygens (including phenoxy) is 1. The number of aromatic nitrogens is 2. The molecule has 4 rings (SSSR count). The second-order valence-corrected chi connectivity index (χ2v) is 7.99. The molecule has 0 spiro atoms. The molecule has 0 aliphatic heterocycles. The van der Waals surface area contributed by atoms with Gasteiger partial charge in [0.1, 0.15) is 18.2 Å². The van der Waals surface area contributed by atoms with Crippen LogP contribution in [0.3, 0.4) is 0 Å². The van der Waals surface area contributed by atoms with Crippen LogP contribution in [0.4, 0.5) is 5.69 Å². The number of nitrogens with one attached hydrogen (secondary N) is 1. The summed E-state index contributed by atoms with van der Waals surface area (Å²) in [6, 6.07) is 20.9. The molecule has 4 aromatic rings. The molecule has 0 radical (unpaired) electrons. The van der Waals surface area contributed by atoms with Gasteiger partial charge >= 0.3 is 0 Å². The molecule has 0 bridgehead atoms. The summed E-state index contributed by atoms with van der Waals surface area (Å²) < 4.78 is 7.61. The molecule has 0 aliphatic carbocycles. The van der Waals surface area contributed by atoms with Gasteiger partial charge in [-0.05, 0) is 72.3 Å². The molecule has 3 aromatic carbocycles. The number of nitrogens with zero attached hydrogens (tertiary/aromatic N) is 2. The number of aryl methyl sites for hydroxylation is 1. The number of amides is 1. The zero-order chi connectivity index (χ0) is 23.9. The van der Waals surface area contributed by atoms with E-state index in [1.54, 1.807) is 72.9 Å². The lowest BCUT2D eigenvalue weighted by Gasteiger charge is -2.07. The lowest BCUT2D eigenvalue weighted by molar-refractivity contribution is 0.102. The maximum atomic E-state index is 12.6. The van der Waals surface area contributed by atoms with Crippen molar-refractivity contribution in [3.05, 3.63) is 119 Å². The van der Waals surface area contributed by atoms with Crippen molar-refractivity contribution < 1.29 is 14.3 Å². The molecule has 170 valence electrons. The van der Waals surface area contributed by atoms with Gasteiger partial charge in [-0.2, -0.15) is 0 Å². The molecular formula is C27H22ClN3O3. The molecule has 6 nitrogen and oxygen atoms in total. The second-order valence-electron chi connectivity index (χ2n) is 7.55. The predicted octanol–water partition coefficient (Wildman–Crippen LogP) is 5.80. The predicted molar refractivity (Wildman–Crippen MR) is 133 cm³/mol. The minimum atomic E-state index is -0.237. The largest absolute Gasteiger partial charge is 0.486 e. The molecule has 1 N–H and O–H groups in total. The standard InChI is InChI=1S/C27H22ClN3O3/c1-31-16-15-29-26(31)18-34-24-12-8-20(9-13-24)25(32)14-5-19-3-2-4-23(17-19)30-27(33)21-6-10-22(28)11-7-21/h2-17H,18H2,1H3,(H,30,33)/b14-5+. The molecule has 1 aromatic heterocycles. The summed E-state index contributed by atoms with van der Waals surface area (Å²) in [5, 5.41) is 3.42. The Balaban J connectivity index is 1.35. The highest BCUT2D eigenvalue weighted by Gasteiger charge is 2.07. The van der Waals surface area contributed by atoms with Crippen LogP contribution in [0.25, 0.3) is 6.08 Å². The van der Waals surface area contributed by atoms with Crippen LogP contribution in [-0.2, 0) is 13.7 Å². The highest BCUT2D eigenvalue weighted by molar-refractivity contribution is 6.30. The summed E-state index contributed by atoms with van der Waals surface area (Å²) >= 11 is 5.87. The van der Waals surface area contributed by atoms with Crippen molar-refractivity contribution in [2.75, 3.05) is 5.32 Å². The van der Waals surface area contributed by atoms with Crippen molar-refractivity contribution >= 4 is 35.1 Å². The fourth-order valence-corrected chi connectivity index (χ4v) is 3.32. The average Bonchev–Trinajstić information content (AvgIpc) is 3.26. The van der Waals surface area contributed by atoms with Crippen molar-refractivity contribution in [1.82, 2.24) is 9.55 Å². The minimum absolute atomic E-state index is 0.133. The molecule has 0 saturated carbocycles. The second kappa shape index (κ2) is 10.6. The first-order valence-electron chi connectivity index (χ1n) is 10.6. The number of rotatable bonds is 8. The first kappa shape index (κ1) is 23.0. The third-order valence-corrected chi connectivity index (χ3v) is 5.36. The van der Waals surface area contributed by atoms with E-state index in [0.717, 1.165) is 11.4 Å². The van der Waals surface area contributed by atoms with Gasteiger partial charge in [-0.1, -0.05) is 29.8 Å². The first-order chi connectivity index (χ1) is 16.5. The maximum Gasteiger partial charge on any atom is 0.255 e. The minimum Gasteiger partial charge on any atom is -0.486 e. The van der Waals surface area contributed by atoms with Gasteiger partial charge in [0.05, 0.1) is 0 Å². The van der Waals surface area contributed by atoms with Crippen LogP contribution < -0.4 is 10.1 Å². The Bertz CT molecular complexity index is 1330. The Morgan fingerprint density at radius 3 is 2.47 bits per heavy atom. The average molecular weight is 472 g/mol. The number of benzene rings is 3. The van der Waals surface area contributed by atoms with E-state index in [2.05, 4.69) is 10.3 Å². The molecule has 0 saturated heterocycles. The maximum absolute atomic E-state index is 12.6. The zero-order valence-electron chi connectivity index (χ0n) is 18.4. The number of ketones is 1. The van der Waals surface area contributed by atoms with Gasteiger partial charge in [0.2, 0.25) is 0 Å². The fraction of sp³-hybridized carbons (Fsp3) is 0.0741. The van der Waals surface area contributed by atoms with E-state index in [9.17, 15) is 9.59 Å². The highest BCUT2D eigenvalue weighted by atomic mass is 35.5. The first-order valence-corrected chi connectivity index (χ1v) is 10.9. The van der Waals surface area contributed by atoms with Crippen LogP contribution in [0.5, 0.6) is 5.75 Å². The van der Waals surface area contributed by atoms with Gasteiger partial charge in [0, 0.05) is 41.3 Å².